The SMILES string of the molecule is CNC(C)c1ccc(F)cc1OCc1nc(C(C)C)no1. The number of benzene rings is 1. The highest BCUT2D eigenvalue weighted by atomic mass is 19.1. The van der Waals surface area contributed by atoms with Gasteiger partial charge in [-0.15, -0.1) is 0 Å². The standard InChI is InChI=1S/C15H20FN3O2/c1-9(2)15-18-14(21-19-15)8-20-13-7-11(16)5-6-12(13)10(3)17-4/h5-7,9-10,17H,8H2,1-4H3. The van der Waals surface area contributed by atoms with E-state index in [9.17, 15) is 4.39 Å². The Labute approximate surface area is 123 Å². The maximum Gasteiger partial charge on any atom is 0.264 e. The van der Waals surface area contributed by atoms with E-state index in [4.69, 9.17) is 9.26 Å². The van der Waals surface area contributed by atoms with Gasteiger partial charge in [-0.05, 0) is 20.0 Å². The number of nitrogens with one attached hydrogen (secondary N) is 1. The maximum atomic E-state index is 13.4. The van der Waals surface area contributed by atoms with Crippen LogP contribution in [-0.2, 0) is 6.61 Å². The topological polar surface area (TPSA) is 60.2 Å². The fourth-order valence-electron chi connectivity index (χ4n) is 1.85. The number of rotatable bonds is 6. The molecular weight excluding hydrogens is 273 g/mol. The summed E-state index contributed by atoms with van der Waals surface area (Å²) in [6.07, 6.45) is 0. The third-order valence-electron chi connectivity index (χ3n) is 3.23. The Kier molecular flexibility index (Phi) is 4.90. The molecule has 0 aliphatic carbocycles. The van der Waals surface area contributed by atoms with Crippen LogP contribution in [0.25, 0.3) is 0 Å². The zero-order chi connectivity index (χ0) is 15.4. The van der Waals surface area contributed by atoms with Crippen molar-refractivity contribution in [2.45, 2.75) is 39.3 Å². The third-order valence-corrected chi connectivity index (χ3v) is 3.23. The van der Waals surface area contributed by atoms with E-state index in [1.165, 1.54) is 12.1 Å². The summed E-state index contributed by atoms with van der Waals surface area (Å²) in [4.78, 5) is 4.23. The van der Waals surface area contributed by atoms with E-state index >= 15 is 0 Å². The summed E-state index contributed by atoms with van der Waals surface area (Å²) in [6.45, 7) is 6.06. The van der Waals surface area contributed by atoms with Crippen LogP contribution in [0.15, 0.2) is 22.7 Å². The molecule has 0 aliphatic heterocycles. The molecule has 2 rings (SSSR count). The highest BCUT2D eigenvalue weighted by molar-refractivity contribution is 5.36. The number of ether oxygens (including phenoxy) is 1. The molecule has 0 radical (unpaired) electrons. The van der Waals surface area contributed by atoms with Gasteiger partial charge in [0.2, 0.25) is 0 Å². The molecule has 5 nitrogen and oxygen atoms in total. The molecule has 6 heteroatoms. The fraction of sp³-hybridized carbons (Fsp3) is 0.467. The zero-order valence-corrected chi connectivity index (χ0v) is 12.7. The van der Waals surface area contributed by atoms with Gasteiger partial charge in [0.1, 0.15) is 11.6 Å². The van der Waals surface area contributed by atoms with E-state index in [2.05, 4.69) is 15.5 Å². The number of hydrogen-bond acceptors (Lipinski definition) is 5. The first kappa shape index (κ1) is 15.4. The van der Waals surface area contributed by atoms with Crippen LogP contribution in [0.1, 0.15) is 50.0 Å². The highest BCUT2D eigenvalue weighted by Gasteiger charge is 2.14. The van der Waals surface area contributed by atoms with Gasteiger partial charge in [0.05, 0.1) is 0 Å². The summed E-state index contributed by atoms with van der Waals surface area (Å²) in [7, 11) is 1.84. The summed E-state index contributed by atoms with van der Waals surface area (Å²) in [5.41, 5.74) is 0.877. The van der Waals surface area contributed by atoms with Crippen molar-refractivity contribution in [3.8, 4) is 5.75 Å². The van der Waals surface area contributed by atoms with Crippen molar-refractivity contribution in [1.82, 2.24) is 15.5 Å². The molecular formula is C15H20FN3O2. The molecule has 0 saturated carbocycles. The molecule has 1 N–H and O–H groups in total. The lowest BCUT2D eigenvalue weighted by molar-refractivity contribution is 0.238. The van der Waals surface area contributed by atoms with Gasteiger partial charge in [0, 0.05) is 23.6 Å². The van der Waals surface area contributed by atoms with E-state index in [-0.39, 0.29) is 24.4 Å². The number of halogens is 1. The van der Waals surface area contributed by atoms with E-state index in [0.29, 0.717) is 17.5 Å². The van der Waals surface area contributed by atoms with Gasteiger partial charge in [0.15, 0.2) is 12.4 Å². The maximum absolute atomic E-state index is 13.4. The van der Waals surface area contributed by atoms with Crippen LogP contribution in [0.2, 0.25) is 0 Å². The summed E-state index contributed by atoms with van der Waals surface area (Å²) in [5, 5.41) is 6.97. The van der Waals surface area contributed by atoms with Gasteiger partial charge < -0.3 is 14.6 Å². The van der Waals surface area contributed by atoms with Gasteiger partial charge in [0.25, 0.3) is 5.89 Å². The first-order chi connectivity index (χ1) is 10.0. The summed E-state index contributed by atoms with van der Waals surface area (Å²) >= 11 is 0. The van der Waals surface area contributed by atoms with Crippen LogP contribution < -0.4 is 10.1 Å². The van der Waals surface area contributed by atoms with E-state index in [1.54, 1.807) is 6.07 Å². The smallest absolute Gasteiger partial charge is 0.264 e. The van der Waals surface area contributed by atoms with Crippen LogP contribution >= 0.6 is 0 Å². The Morgan fingerprint density at radius 1 is 1.33 bits per heavy atom. The molecule has 1 aromatic carbocycles. The van der Waals surface area contributed by atoms with Crippen molar-refractivity contribution >= 4 is 0 Å². The monoisotopic (exact) mass is 293 g/mol. The molecule has 0 amide bonds. The van der Waals surface area contributed by atoms with Crippen molar-refractivity contribution < 1.29 is 13.7 Å². The molecule has 0 aliphatic rings. The van der Waals surface area contributed by atoms with Crippen LogP contribution in [0.4, 0.5) is 4.39 Å². The molecule has 2 aromatic rings. The van der Waals surface area contributed by atoms with E-state index in [0.717, 1.165) is 5.56 Å². The highest BCUT2D eigenvalue weighted by Crippen LogP contribution is 2.26. The summed E-state index contributed by atoms with van der Waals surface area (Å²) < 4.78 is 24.2. The third kappa shape index (κ3) is 3.78. The van der Waals surface area contributed by atoms with Crippen molar-refractivity contribution in [2.75, 3.05) is 7.05 Å². The lowest BCUT2D eigenvalue weighted by Crippen LogP contribution is -2.14. The molecule has 1 heterocycles. The minimum Gasteiger partial charge on any atom is -0.483 e. The quantitative estimate of drug-likeness (QED) is 0.886. The van der Waals surface area contributed by atoms with Crippen LogP contribution in [0.5, 0.6) is 5.75 Å². The normalized spacial score (nSPS) is 12.7. The molecule has 1 aromatic heterocycles. The van der Waals surface area contributed by atoms with Crippen LogP contribution in [0.3, 0.4) is 0 Å². The Hall–Kier alpha value is -1.95. The first-order valence-corrected chi connectivity index (χ1v) is 6.93. The summed E-state index contributed by atoms with van der Waals surface area (Å²) in [5.74, 6) is 1.34. The van der Waals surface area contributed by atoms with E-state index in [1.807, 2.05) is 27.8 Å². The van der Waals surface area contributed by atoms with E-state index < -0.39 is 0 Å². The Morgan fingerprint density at radius 3 is 2.71 bits per heavy atom. The number of nitrogens with zero attached hydrogens (tertiary/aromatic N) is 2. The number of hydrogen-bond donors (Lipinski definition) is 1. The Bertz CT molecular complexity index is 598. The lowest BCUT2D eigenvalue weighted by atomic mass is 10.1. The van der Waals surface area contributed by atoms with Gasteiger partial charge >= 0.3 is 0 Å². The van der Waals surface area contributed by atoms with Crippen LogP contribution in [0, 0.1) is 5.82 Å². The van der Waals surface area contributed by atoms with Crippen molar-refractivity contribution in [2.24, 2.45) is 0 Å². The molecule has 21 heavy (non-hydrogen) atoms. The predicted molar refractivity (Wildman–Crippen MR) is 76.6 cm³/mol. The second-order valence-electron chi connectivity index (χ2n) is 5.18. The lowest BCUT2D eigenvalue weighted by Gasteiger charge is -2.15. The van der Waals surface area contributed by atoms with Crippen molar-refractivity contribution in [3.63, 3.8) is 0 Å². The second-order valence-corrected chi connectivity index (χ2v) is 5.18. The average Bonchev–Trinajstić information content (AvgIpc) is 2.93. The molecule has 1 atom stereocenters. The summed E-state index contributed by atoms with van der Waals surface area (Å²) in [6, 6.07) is 4.54. The Morgan fingerprint density at radius 2 is 2.10 bits per heavy atom. The minimum absolute atomic E-state index is 0.0505. The van der Waals surface area contributed by atoms with Crippen molar-refractivity contribution in [3.05, 3.63) is 41.3 Å². The van der Waals surface area contributed by atoms with Crippen molar-refractivity contribution in [1.29, 1.82) is 0 Å². The molecule has 1 unspecified atom stereocenters. The van der Waals surface area contributed by atoms with Crippen LogP contribution in [-0.4, -0.2) is 17.2 Å². The molecule has 0 saturated heterocycles. The van der Waals surface area contributed by atoms with Gasteiger partial charge in [-0.2, -0.15) is 4.98 Å². The minimum atomic E-state index is -0.342. The predicted octanol–water partition coefficient (Wildman–Crippen LogP) is 3.19. The molecule has 114 valence electrons. The van der Waals surface area contributed by atoms with Gasteiger partial charge in [-0.1, -0.05) is 25.1 Å². The average molecular weight is 293 g/mol. The second kappa shape index (κ2) is 6.67. The largest absolute Gasteiger partial charge is 0.483 e. The van der Waals surface area contributed by atoms with Gasteiger partial charge in [-0.25, -0.2) is 4.39 Å². The fourth-order valence-corrected chi connectivity index (χ4v) is 1.85. The Balaban J connectivity index is 2.13. The zero-order valence-electron chi connectivity index (χ0n) is 12.7. The van der Waals surface area contributed by atoms with Gasteiger partial charge in [-0.3, -0.25) is 0 Å². The molecule has 0 spiro atoms. The molecule has 0 bridgehead atoms. The number of aromatic nitrogens is 2. The molecule has 0 fully saturated rings. The first-order valence-electron chi connectivity index (χ1n) is 6.93.